The molecule has 6 nitrogen and oxygen atoms in total. The summed E-state index contributed by atoms with van der Waals surface area (Å²) in [5, 5.41) is 20.6. The molecule has 0 spiro atoms. The topological polar surface area (TPSA) is 85.4 Å². The van der Waals surface area contributed by atoms with Crippen LogP contribution in [0.5, 0.6) is 11.5 Å². The van der Waals surface area contributed by atoms with E-state index < -0.39 is 4.92 Å². The lowest BCUT2D eigenvalue weighted by atomic mass is 10.0. The van der Waals surface area contributed by atoms with Gasteiger partial charge in [0.15, 0.2) is 11.5 Å². The molecular formula is C27H23FN2O4. The Morgan fingerprint density at radius 3 is 2.50 bits per heavy atom. The van der Waals surface area contributed by atoms with Gasteiger partial charge in [-0.15, -0.1) is 6.58 Å². The smallest absolute Gasteiger partial charge is 0.269 e. The number of hydrogen-bond donors (Lipinski definition) is 0. The third kappa shape index (κ3) is 5.87. The zero-order chi connectivity index (χ0) is 24.5. The van der Waals surface area contributed by atoms with E-state index in [0.717, 1.165) is 5.56 Å². The van der Waals surface area contributed by atoms with Gasteiger partial charge in [-0.25, -0.2) is 4.39 Å². The summed E-state index contributed by atoms with van der Waals surface area (Å²) in [6.45, 7) is 6.05. The van der Waals surface area contributed by atoms with Crippen molar-refractivity contribution in [3.05, 3.63) is 112 Å². The molecule has 0 aliphatic carbocycles. The molecule has 34 heavy (non-hydrogen) atoms. The van der Waals surface area contributed by atoms with Gasteiger partial charge in [0.2, 0.25) is 0 Å². The predicted molar refractivity (Wildman–Crippen MR) is 129 cm³/mol. The first-order chi connectivity index (χ1) is 16.5. The molecule has 0 atom stereocenters. The minimum Gasteiger partial charge on any atom is -0.490 e. The molecule has 3 aromatic carbocycles. The Morgan fingerprint density at radius 1 is 1.15 bits per heavy atom. The lowest BCUT2D eigenvalue weighted by Crippen LogP contribution is -2.04. The molecule has 172 valence electrons. The van der Waals surface area contributed by atoms with Gasteiger partial charge in [-0.1, -0.05) is 24.3 Å². The largest absolute Gasteiger partial charge is 0.490 e. The molecule has 0 aromatic heterocycles. The van der Waals surface area contributed by atoms with Gasteiger partial charge in [-0.2, -0.15) is 5.26 Å². The van der Waals surface area contributed by atoms with Gasteiger partial charge in [0.25, 0.3) is 5.69 Å². The zero-order valence-corrected chi connectivity index (χ0v) is 18.7. The van der Waals surface area contributed by atoms with Crippen LogP contribution < -0.4 is 9.47 Å². The fraction of sp³-hybridized carbons (Fsp3) is 0.148. The zero-order valence-electron chi connectivity index (χ0n) is 18.7. The van der Waals surface area contributed by atoms with Crippen LogP contribution in [-0.2, 0) is 13.0 Å². The number of rotatable bonds is 10. The van der Waals surface area contributed by atoms with Gasteiger partial charge >= 0.3 is 0 Å². The lowest BCUT2D eigenvalue weighted by molar-refractivity contribution is -0.384. The highest BCUT2D eigenvalue weighted by atomic mass is 19.1. The second-order valence-corrected chi connectivity index (χ2v) is 7.29. The van der Waals surface area contributed by atoms with Gasteiger partial charge in [-0.3, -0.25) is 10.1 Å². The maximum atomic E-state index is 14.1. The van der Waals surface area contributed by atoms with Crippen LogP contribution in [0.15, 0.2) is 73.3 Å². The number of nitrogens with zero attached hydrogens (tertiary/aromatic N) is 2. The van der Waals surface area contributed by atoms with Crippen molar-refractivity contribution in [3.63, 3.8) is 0 Å². The van der Waals surface area contributed by atoms with Crippen molar-refractivity contribution in [2.24, 2.45) is 0 Å². The van der Waals surface area contributed by atoms with Crippen molar-refractivity contribution in [1.29, 1.82) is 5.26 Å². The van der Waals surface area contributed by atoms with E-state index in [1.807, 2.05) is 13.0 Å². The second kappa shape index (κ2) is 11.4. The van der Waals surface area contributed by atoms with Gasteiger partial charge in [0.05, 0.1) is 23.2 Å². The van der Waals surface area contributed by atoms with Crippen LogP contribution in [0.4, 0.5) is 10.1 Å². The van der Waals surface area contributed by atoms with Crippen LogP contribution in [0.25, 0.3) is 11.6 Å². The van der Waals surface area contributed by atoms with Gasteiger partial charge < -0.3 is 9.47 Å². The summed E-state index contributed by atoms with van der Waals surface area (Å²) in [5.74, 6) is 0.591. The third-order valence-corrected chi connectivity index (χ3v) is 4.97. The van der Waals surface area contributed by atoms with Crippen LogP contribution in [0, 0.1) is 27.3 Å². The quantitative estimate of drug-likeness (QED) is 0.114. The molecular weight excluding hydrogens is 435 g/mol. The molecule has 0 unspecified atom stereocenters. The molecule has 0 aliphatic heterocycles. The summed E-state index contributed by atoms with van der Waals surface area (Å²) in [5.41, 5.74) is 2.71. The number of allylic oxidation sites excluding steroid dienone is 2. The van der Waals surface area contributed by atoms with E-state index in [0.29, 0.717) is 46.8 Å². The maximum absolute atomic E-state index is 14.1. The van der Waals surface area contributed by atoms with Crippen molar-refractivity contribution in [2.45, 2.75) is 20.0 Å². The van der Waals surface area contributed by atoms with Crippen LogP contribution in [-0.4, -0.2) is 11.5 Å². The minimum absolute atomic E-state index is 0.0261. The molecule has 3 rings (SSSR count). The second-order valence-electron chi connectivity index (χ2n) is 7.29. The fourth-order valence-electron chi connectivity index (χ4n) is 3.38. The first-order valence-corrected chi connectivity index (χ1v) is 10.6. The summed E-state index contributed by atoms with van der Waals surface area (Å²) < 4.78 is 25.9. The van der Waals surface area contributed by atoms with E-state index in [-0.39, 0.29) is 18.1 Å². The van der Waals surface area contributed by atoms with E-state index in [1.54, 1.807) is 36.4 Å². The highest BCUT2D eigenvalue weighted by molar-refractivity contribution is 5.90. The molecule has 7 heteroatoms. The molecule has 0 saturated carbocycles. The van der Waals surface area contributed by atoms with E-state index in [2.05, 4.69) is 12.6 Å². The highest BCUT2D eigenvalue weighted by Crippen LogP contribution is 2.36. The third-order valence-electron chi connectivity index (χ3n) is 4.97. The Labute approximate surface area is 197 Å². The minimum atomic E-state index is -0.491. The number of nitro benzene ring substituents is 1. The van der Waals surface area contributed by atoms with Gasteiger partial charge in [0, 0.05) is 23.3 Å². The average molecular weight is 458 g/mol. The van der Waals surface area contributed by atoms with Gasteiger partial charge in [-0.05, 0) is 60.9 Å². The normalized spacial score (nSPS) is 10.9. The van der Waals surface area contributed by atoms with Crippen molar-refractivity contribution >= 4 is 17.3 Å². The van der Waals surface area contributed by atoms with Crippen LogP contribution >= 0.6 is 0 Å². The van der Waals surface area contributed by atoms with Crippen LogP contribution in [0.3, 0.4) is 0 Å². The standard InChI is InChI=1S/C27H23FN2O4/c1-3-7-21-14-19(15-23(17-29)20-10-12-24(13-11-20)30(31)32)16-26(33-4-2)27(21)34-18-22-8-5-6-9-25(22)28/h3,5-6,8-16H,1,4,7,18H2,2H3/b23-15+. The summed E-state index contributed by atoms with van der Waals surface area (Å²) in [4.78, 5) is 10.4. The van der Waals surface area contributed by atoms with Crippen molar-refractivity contribution in [2.75, 3.05) is 6.61 Å². The number of non-ortho nitro benzene ring substituents is 1. The number of ether oxygens (including phenoxy) is 2. The van der Waals surface area contributed by atoms with Crippen LogP contribution in [0.1, 0.15) is 29.2 Å². The SMILES string of the molecule is C=CCc1cc(/C=C(\C#N)c2ccc([N+](=O)[O-])cc2)cc(OCC)c1OCc1ccccc1F. The van der Waals surface area contributed by atoms with Crippen molar-refractivity contribution in [3.8, 4) is 17.6 Å². The molecule has 0 amide bonds. The Bertz CT molecular complexity index is 1260. The lowest BCUT2D eigenvalue weighted by Gasteiger charge is -2.17. The molecule has 0 bridgehead atoms. The average Bonchev–Trinajstić information content (AvgIpc) is 2.83. The van der Waals surface area contributed by atoms with E-state index in [9.17, 15) is 19.8 Å². The van der Waals surface area contributed by atoms with E-state index in [4.69, 9.17) is 9.47 Å². The Kier molecular flexibility index (Phi) is 8.14. The molecule has 0 radical (unpaired) electrons. The fourth-order valence-corrected chi connectivity index (χ4v) is 3.38. The molecule has 0 heterocycles. The number of hydrogen-bond acceptors (Lipinski definition) is 5. The number of benzene rings is 3. The Balaban J connectivity index is 2.00. The predicted octanol–water partition coefficient (Wildman–Crippen LogP) is 6.50. The summed E-state index contributed by atoms with van der Waals surface area (Å²) in [7, 11) is 0. The summed E-state index contributed by atoms with van der Waals surface area (Å²) >= 11 is 0. The Hall–Kier alpha value is -4.44. The maximum Gasteiger partial charge on any atom is 0.269 e. The number of halogens is 1. The number of nitro groups is 1. The molecule has 0 saturated heterocycles. The van der Waals surface area contributed by atoms with Crippen LogP contribution in [0.2, 0.25) is 0 Å². The molecule has 0 aliphatic rings. The Morgan fingerprint density at radius 2 is 1.88 bits per heavy atom. The van der Waals surface area contributed by atoms with Crippen molar-refractivity contribution < 1.29 is 18.8 Å². The first kappa shape index (κ1) is 24.2. The molecule has 3 aromatic rings. The van der Waals surface area contributed by atoms with Crippen molar-refractivity contribution in [1.82, 2.24) is 0 Å². The van der Waals surface area contributed by atoms with E-state index >= 15 is 0 Å². The monoisotopic (exact) mass is 458 g/mol. The molecule has 0 N–H and O–H groups in total. The van der Waals surface area contributed by atoms with E-state index in [1.165, 1.54) is 30.3 Å². The number of nitriles is 1. The summed E-state index contributed by atoms with van der Waals surface area (Å²) in [6, 6.07) is 17.9. The highest BCUT2D eigenvalue weighted by Gasteiger charge is 2.15. The first-order valence-electron chi connectivity index (χ1n) is 10.6. The van der Waals surface area contributed by atoms with Gasteiger partial charge in [0.1, 0.15) is 12.4 Å². The molecule has 0 fully saturated rings. The summed E-state index contributed by atoms with van der Waals surface area (Å²) in [6.07, 6.45) is 3.86.